The van der Waals surface area contributed by atoms with E-state index in [0.29, 0.717) is 17.7 Å². The molecule has 2 fully saturated rings. The molecule has 1 spiro atoms. The van der Waals surface area contributed by atoms with Crippen LogP contribution in [0.4, 0.5) is 5.69 Å². The Hall–Kier alpha value is -2.74. The maximum absolute atomic E-state index is 13.3. The lowest BCUT2D eigenvalue weighted by Crippen LogP contribution is -2.54. The number of nitrogens with two attached hydrogens (primary N) is 1. The quantitative estimate of drug-likeness (QED) is 0.648. The molecule has 8 nitrogen and oxygen atoms in total. The molecule has 0 aromatic heterocycles. The monoisotopic (exact) mass is 370 g/mol. The summed E-state index contributed by atoms with van der Waals surface area (Å²) >= 11 is 0. The van der Waals surface area contributed by atoms with Crippen LogP contribution >= 0.6 is 0 Å². The van der Waals surface area contributed by atoms with Crippen molar-refractivity contribution in [3.8, 4) is 0 Å². The fourth-order valence-electron chi connectivity index (χ4n) is 4.79. The zero-order chi connectivity index (χ0) is 19.5. The van der Waals surface area contributed by atoms with Crippen LogP contribution in [0, 0.1) is 11.8 Å². The van der Waals surface area contributed by atoms with E-state index in [1.807, 2.05) is 13.8 Å². The Morgan fingerprint density at radius 2 is 1.96 bits per heavy atom. The van der Waals surface area contributed by atoms with E-state index in [2.05, 4.69) is 10.6 Å². The second-order valence-electron chi connectivity index (χ2n) is 7.54. The second-order valence-corrected chi connectivity index (χ2v) is 7.54. The molecule has 0 radical (unpaired) electrons. The fourth-order valence-corrected chi connectivity index (χ4v) is 4.79. The van der Waals surface area contributed by atoms with Crippen LogP contribution in [0.2, 0.25) is 0 Å². The number of rotatable bonds is 4. The number of anilines is 1. The highest BCUT2D eigenvalue weighted by atomic mass is 16.2. The number of nitrogens with one attached hydrogen (secondary N) is 2. The van der Waals surface area contributed by atoms with E-state index < -0.39 is 29.3 Å². The highest BCUT2D eigenvalue weighted by Crippen LogP contribution is 2.53. The normalized spacial score (nSPS) is 32.6. The van der Waals surface area contributed by atoms with Gasteiger partial charge in [-0.15, -0.1) is 0 Å². The van der Waals surface area contributed by atoms with Crippen molar-refractivity contribution >= 4 is 29.3 Å². The van der Waals surface area contributed by atoms with Gasteiger partial charge >= 0.3 is 0 Å². The topological polar surface area (TPSA) is 122 Å². The van der Waals surface area contributed by atoms with Crippen LogP contribution in [-0.2, 0) is 24.7 Å². The molecule has 3 aliphatic heterocycles. The molecule has 142 valence electrons. The van der Waals surface area contributed by atoms with E-state index in [-0.39, 0.29) is 30.2 Å². The number of hydrogen-bond acceptors (Lipinski definition) is 5. The van der Waals surface area contributed by atoms with E-state index >= 15 is 0 Å². The lowest BCUT2D eigenvalue weighted by molar-refractivity contribution is -0.145. The molecule has 0 unspecified atom stereocenters. The molecule has 0 saturated carbocycles. The van der Waals surface area contributed by atoms with Gasteiger partial charge in [-0.2, -0.15) is 0 Å². The lowest BCUT2D eigenvalue weighted by Gasteiger charge is -2.30. The number of para-hydroxylation sites is 1. The molecule has 2 saturated heterocycles. The third kappa shape index (κ3) is 2.19. The molecule has 4 rings (SSSR count). The molecular formula is C19H22N4O4. The molecule has 3 heterocycles. The predicted molar refractivity (Wildman–Crippen MR) is 96.1 cm³/mol. The number of likely N-dealkylation sites (tertiary alicyclic amines) is 1. The van der Waals surface area contributed by atoms with Gasteiger partial charge in [0.15, 0.2) is 0 Å². The minimum absolute atomic E-state index is 0.119. The van der Waals surface area contributed by atoms with Crippen LogP contribution in [-0.4, -0.2) is 40.6 Å². The van der Waals surface area contributed by atoms with Crippen molar-refractivity contribution in [2.75, 3.05) is 5.32 Å². The molecule has 1 aromatic carbocycles. The van der Waals surface area contributed by atoms with Crippen molar-refractivity contribution in [2.24, 2.45) is 17.6 Å². The van der Waals surface area contributed by atoms with E-state index in [4.69, 9.17) is 5.73 Å². The van der Waals surface area contributed by atoms with Crippen LogP contribution in [0.3, 0.4) is 0 Å². The first-order valence-electron chi connectivity index (χ1n) is 9.16. The predicted octanol–water partition coefficient (Wildman–Crippen LogP) is 0.0809. The maximum atomic E-state index is 13.3. The van der Waals surface area contributed by atoms with Crippen molar-refractivity contribution in [2.45, 2.75) is 44.3 Å². The zero-order valence-electron chi connectivity index (χ0n) is 15.2. The summed E-state index contributed by atoms with van der Waals surface area (Å²) < 4.78 is 0. The number of hydrogen-bond donors (Lipinski definition) is 3. The highest BCUT2D eigenvalue weighted by Gasteiger charge is 2.70. The number of amides is 4. The molecule has 0 aliphatic carbocycles. The van der Waals surface area contributed by atoms with Crippen molar-refractivity contribution in [3.63, 3.8) is 0 Å². The summed E-state index contributed by atoms with van der Waals surface area (Å²) in [7, 11) is 0. The van der Waals surface area contributed by atoms with E-state index in [1.165, 1.54) is 4.90 Å². The first-order chi connectivity index (χ1) is 12.8. The minimum Gasteiger partial charge on any atom is -0.370 e. The molecule has 8 heteroatoms. The smallest absolute Gasteiger partial charge is 0.250 e. The number of primary amides is 1. The molecule has 4 amide bonds. The molecule has 0 bridgehead atoms. The minimum atomic E-state index is -1.36. The number of carbonyl (C=O) groups is 4. The van der Waals surface area contributed by atoms with Gasteiger partial charge in [-0.05, 0) is 19.4 Å². The Morgan fingerprint density at radius 3 is 2.63 bits per heavy atom. The number of benzene rings is 1. The first-order valence-corrected chi connectivity index (χ1v) is 9.16. The third-order valence-electron chi connectivity index (χ3n) is 6.11. The van der Waals surface area contributed by atoms with Crippen molar-refractivity contribution in [3.05, 3.63) is 29.8 Å². The molecule has 27 heavy (non-hydrogen) atoms. The van der Waals surface area contributed by atoms with Crippen LogP contribution in [0.25, 0.3) is 0 Å². The summed E-state index contributed by atoms with van der Waals surface area (Å²) in [5.41, 5.74) is 5.25. The van der Waals surface area contributed by atoms with Crippen molar-refractivity contribution < 1.29 is 19.2 Å². The lowest BCUT2D eigenvalue weighted by atomic mass is 9.76. The van der Waals surface area contributed by atoms with Crippen molar-refractivity contribution in [1.29, 1.82) is 0 Å². The maximum Gasteiger partial charge on any atom is 0.250 e. The van der Waals surface area contributed by atoms with Gasteiger partial charge < -0.3 is 11.1 Å². The number of nitrogens with zero attached hydrogens (tertiary/aromatic N) is 1. The van der Waals surface area contributed by atoms with Crippen LogP contribution in [0.5, 0.6) is 0 Å². The van der Waals surface area contributed by atoms with Gasteiger partial charge in [0.05, 0.1) is 11.8 Å². The molecular weight excluding hydrogens is 348 g/mol. The molecule has 4 N–H and O–H groups in total. The second kappa shape index (κ2) is 5.88. The average molecular weight is 370 g/mol. The summed E-state index contributed by atoms with van der Waals surface area (Å²) in [5.74, 6) is -3.37. The van der Waals surface area contributed by atoms with Gasteiger partial charge in [-0.25, -0.2) is 0 Å². The summed E-state index contributed by atoms with van der Waals surface area (Å²) in [4.78, 5) is 52.4. The van der Waals surface area contributed by atoms with Crippen LogP contribution < -0.4 is 16.4 Å². The summed E-state index contributed by atoms with van der Waals surface area (Å²) in [5, 5.41) is 5.97. The molecule has 1 aromatic rings. The fraction of sp³-hybridized carbons (Fsp3) is 0.474. The van der Waals surface area contributed by atoms with E-state index in [1.54, 1.807) is 24.3 Å². The van der Waals surface area contributed by atoms with E-state index in [0.717, 1.165) is 0 Å². The number of fused-ring (bicyclic) bond motifs is 4. The Bertz CT molecular complexity index is 869. The van der Waals surface area contributed by atoms with Crippen LogP contribution in [0.15, 0.2) is 24.3 Å². The standard InChI is InChI=1S/C19H22N4O4/c1-3-9(2)23-16(25)14-12(8-13(20)24)22-19(15(14)17(23)26)10-6-4-5-7-11(10)21-18(19)27/h4-7,9,12,14-15,22H,3,8H2,1-2H3,(H2,20,24)(H,21,27)/t9-,12+,14-,15+,19-/m1/s1. The van der Waals surface area contributed by atoms with E-state index in [9.17, 15) is 19.2 Å². The Kier molecular flexibility index (Phi) is 3.85. The summed E-state index contributed by atoms with van der Waals surface area (Å²) in [6, 6.07) is 6.16. The van der Waals surface area contributed by atoms with Crippen molar-refractivity contribution in [1.82, 2.24) is 10.2 Å². The third-order valence-corrected chi connectivity index (χ3v) is 6.11. The van der Waals surface area contributed by atoms with Gasteiger partial charge in [-0.1, -0.05) is 25.1 Å². The van der Waals surface area contributed by atoms with Gasteiger partial charge in [0.1, 0.15) is 5.54 Å². The van der Waals surface area contributed by atoms with Gasteiger partial charge in [0.25, 0.3) is 0 Å². The molecule has 5 atom stereocenters. The highest BCUT2D eigenvalue weighted by molar-refractivity contribution is 6.15. The molecule has 3 aliphatic rings. The Morgan fingerprint density at radius 1 is 1.26 bits per heavy atom. The summed E-state index contributed by atoms with van der Waals surface area (Å²) in [6.45, 7) is 3.70. The Labute approximate surface area is 156 Å². The largest absolute Gasteiger partial charge is 0.370 e. The van der Waals surface area contributed by atoms with Gasteiger partial charge in [0, 0.05) is 29.8 Å². The van der Waals surface area contributed by atoms with Gasteiger partial charge in [0.2, 0.25) is 23.6 Å². The zero-order valence-corrected chi connectivity index (χ0v) is 15.2. The van der Waals surface area contributed by atoms with Crippen LogP contribution in [0.1, 0.15) is 32.3 Å². The summed E-state index contributed by atoms with van der Waals surface area (Å²) in [6.07, 6.45) is 0.492. The number of imide groups is 1. The Balaban J connectivity index is 1.88. The van der Waals surface area contributed by atoms with Gasteiger partial charge in [-0.3, -0.25) is 29.4 Å². The SMILES string of the molecule is CC[C@@H](C)N1C(=O)[C@@H]2[C@H](CC(N)=O)N[C@@]3(C(=O)Nc4ccccc43)[C@@H]2C1=O. The average Bonchev–Trinajstić information content (AvgIpc) is 3.19. The first kappa shape index (κ1) is 17.7. The number of carbonyl (C=O) groups excluding carboxylic acids is 4.